The minimum atomic E-state index is -4.41. The van der Waals surface area contributed by atoms with Crippen molar-refractivity contribution in [1.82, 2.24) is 4.98 Å². The summed E-state index contributed by atoms with van der Waals surface area (Å²) in [6, 6.07) is 6.47. The number of halogens is 4. The predicted octanol–water partition coefficient (Wildman–Crippen LogP) is 4.58. The van der Waals surface area contributed by atoms with E-state index in [1.165, 1.54) is 6.07 Å². The molecule has 1 aromatic carbocycles. The highest BCUT2D eigenvalue weighted by Crippen LogP contribution is 2.39. The summed E-state index contributed by atoms with van der Waals surface area (Å²) in [5.74, 6) is 0. The van der Waals surface area contributed by atoms with E-state index in [0.717, 1.165) is 0 Å². The number of benzene rings is 1. The first-order valence-corrected chi connectivity index (χ1v) is 5.88. The lowest BCUT2D eigenvalue weighted by molar-refractivity contribution is -0.137. The molecule has 0 bridgehead atoms. The maximum absolute atomic E-state index is 12.9. The van der Waals surface area contributed by atoms with E-state index in [1.54, 1.807) is 18.2 Å². The summed E-state index contributed by atoms with van der Waals surface area (Å²) in [6.07, 6.45) is -3.81. The molecule has 2 aromatic rings. The summed E-state index contributed by atoms with van der Waals surface area (Å²) in [7, 11) is 0. The predicted molar refractivity (Wildman–Crippen MR) is 63.8 cm³/mol. The molecule has 90 valence electrons. The number of fused-ring (bicyclic) bond motifs is 1. The highest BCUT2D eigenvalue weighted by Gasteiger charge is 2.36. The molecule has 0 saturated heterocycles. The third kappa shape index (κ3) is 2.16. The molecular weight excluding hydrogens is 295 g/mol. The van der Waals surface area contributed by atoms with Crippen molar-refractivity contribution >= 4 is 26.7 Å². The lowest BCUT2D eigenvalue weighted by atomic mass is 10.0. The molecule has 2 rings (SSSR count). The third-order valence-corrected chi connectivity index (χ3v) is 3.14. The van der Waals surface area contributed by atoms with Crippen LogP contribution in [0, 0.1) is 0 Å². The van der Waals surface area contributed by atoms with Gasteiger partial charge in [0, 0.05) is 11.1 Å². The molecule has 5 heteroatoms. The minimum absolute atomic E-state index is 0.138. The number of aromatic nitrogens is 1. The number of nitrogens with zero attached hydrogens (tertiary/aromatic N) is 1. The van der Waals surface area contributed by atoms with Crippen LogP contribution in [0.3, 0.4) is 0 Å². The van der Waals surface area contributed by atoms with Crippen molar-refractivity contribution in [2.45, 2.75) is 19.5 Å². The minimum Gasteiger partial charge on any atom is -0.245 e. The topological polar surface area (TPSA) is 12.9 Å². The summed E-state index contributed by atoms with van der Waals surface area (Å²) in [5.41, 5.74) is -0.0363. The number of pyridine rings is 1. The van der Waals surface area contributed by atoms with E-state index in [-0.39, 0.29) is 9.99 Å². The van der Waals surface area contributed by atoms with Gasteiger partial charge >= 0.3 is 6.18 Å². The summed E-state index contributed by atoms with van der Waals surface area (Å²) in [5, 5.41) is 0.754. The molecule has 0 aliphatic rings. The van der Waals surface area contributed by atoms with Crippen molar-refractivity contribution in [2.75, 3.05) is 0 Å². The Morgan fingerprint density at radius 3 is 2.29 bits per heavy atom. The number of aryl methyl sites for hydroxylation is 1. The van der Waals surface area contributed by atoms with Gasteiger partial charge in [0.2, 0.25) is 0 Å². The van der Waals surface area contributed by atoms with Crippen LogP contribution in [0.2, 0.25) is 0 Å². The Labute approximate surface area is 105 Å². The summed E-state index contributed by atoms with van der Waals surface area (Å²) >= 11 is 2.91. The first kappa shape index (κ1) is 12.4. The van der Waals surface area contributed by atoms with Crippen LogP contribution >= 0.6 is 15.9 Å². The zero-order chi connectivity index (χ0) is 12.6. The second kappa shape index (κ2) is 4.29. The Morgan fingerprint density at radius 2 is 1.76 bits per heavy atom. The molecule has 1 aromatic heterocycles. The number of alkyl halides is 3. The third-order valence-electron chi connectivity index (χ3n) is 2.57. The van der Waals surface area contributed by atoms with Crippen LogP contribution in [-0.4, -0.2) is 4.98 Å². The highest BCUT2D eigenvalue weighted by molar-refractivity contribution is 9.10. The van der Waals surface area contributed by atoms with E-state index in [2.05, 4.69) is 20.9 Å². The molecule has 0 radical (unpaired) electrons. The van der Waals surface area contributed by atoms with Crippen LogP contribution in [0.4, 0.5) is 13.2 Å². The first-order valence-electron chi connectivity index (χ1n) is 5.09. The Hall–Kier alpha value is -1.10. The molecule has 0 fully saturated rings. The smallest absolute Gasteiger partial charge is 0.245 e. The van der Waals surface area contributed by atoms with Crippen LogP contribution in [0.15, 0.2) is 28.9 Å². The maximum Gasteiger partial charge on any atom is 0.419 e. The van der Waals surface area contributed by atoms with Gasteiger partial charge in [-0.1, -0.05) is 31.2 Å². The van der Waals surface area contributed by atoms with Gasteiger partial charge in [0.05, 0.1) is 5.56 Å². The number of hydrogen-bond donors (Lipinski definition) is 0. The molecule has 0 atom stereocenters. The fourth-order valence-corrected chi connectivity index (χ4v) is 2.49. The fraction of sp³-hybridized carbons (Fsp3) is 0.250. The zero-order valence-electron chi connectivity index (χ0n) is 8.98. The van der Waals surface area contributed by atoms with Gasteiger partial charge in [-0.3, -0.25) is 0 Å². The summed E-state index contributed by atoms with van der Waals surface area (Å²) < 4.78 is 38.7. The van der Waals surface area contributed by atoms with Crippen molar-refractivity contribution in [1.29, 1.82) is 0 Å². The Bertz CT molecular complexity index is 563. The van der Waals surface area contributed by atoms with Crippen molar-refractivity contribution in [3.63, 3.8) is 0 Å². The van der Waals surface area contributed by atoms with Crippen LogP contribution in [0.25, 0.3) is 10.8 Å². The van der Waals surface area contributed by atoms with Crippen molar-refractivity contribution in [3.8, 4) is 0 Å². The van der Waals surface area contributed by atoms with Gasteiger partial charge in [-0.2, -0.15) is 13.2 Å². The highest BCUT2D eigenvalue weighted by atomic mass is 79.9. The summed E-state index contributed by atoms with van der Waals surface area (Å²) in [4.78, 5) is 3.98. The maximum atomic E-state index is 12.9. The van der Waals surface area contributed by atoms with Gasteiger partial charge in [-0.25, -0.2) is 4.98 Å². The molecule has 0 aliphatic carbocycles. The number of hydrogen-bond acceptors (Lipinski definition) is 1. The van der Waals surface area contributed by atoms with Crippen molar-refractivity contribution < 1.29 is 13.2 Å². The molecule has 17 heavy (non-hydrogen) atoms. The average Bonchev–Trinajstić information content (AvgIpc) is 2.25. The van der Waals surface area contributed by atoms with E-state index >= 15 is 0 Å². The van der Waals surface area contributed by atoms with Crippen LogP contribution in [-0.2, 0) is 12.6 Å². The van der Waals surface area contributed by atoms with Gasteiger partial charge in [0.1, 0.15) is 4.60 Å². The van der Waals surface area contributed by atoms with E-state index < -0.39 is 11.7 Å². The normalized spacial score (nSPS) is 12.1. The Morgan fingerprint density at radius 1 is 1.18 bits per heavy atom. The number of rotatable bonds is 1. The largest absolute Gasteiger partial charge is 0.419 e. The second-order valence-corrected chi connectivity index (χ2v) is 4.37. The molecule has 0 aliphatic heterocycles. The fourth-order valence-electron chi connectivity index (χ4n) is 1.84. The SMILES string of the molecule is CCc1nc(Br)c(C(F)(F)F)c2ccccc12. The van der Waals surface area contributed by atoms with Crippen molar-refractivity contribution in [3.05, 3.63) is 40.1 Å². The van der Waals surface area contributed by atoms with Gasteiger partial charge in [0.15, 0.2) is 0 Å². The molecule has 0 unspecified atom stereocenters. The lowest BCUT2D eigenvalue weighted by Gasteiger charge is -2.14. The van der Waals surface area contributed by atoms with Gasteiger partial charge < -0.3 is 0 Å². The van der Waals surface area contributed by atoms with Gasteiger partial charge in [-0.15, -0.1) is 0 Å². The Balaban J connectivity index is 2.90. The zero-order valence-corrected chi connectivity index (χ0v) is 10.6. The van der Waals surface area contributed by atoms with Crippen LogP contribution < -0.4 is 0 Å². The quantitative estimate of drug-likeness (QED) is 0.703. The van der Waals surface area contributed by atoms with E-state index in [9.17, 15) is 13.2 Å². The molecule has 1 nitrogen and oxygen atoms in total. The molecule has 1 heterocycles. The molecule has 0 amide bonds. The van der Waals surface area contributed by atoms with Gasteiger partial charge in [-0.05, 0) is 27.7 Å². The molecular formula is C12H9BrF3N. The van der Waals surface area contributed by atoms with E-state index in [4.69, 9.17) is 0 Å². The lowest BCUT2D eigenvalue weighted by Crippen LogP contribution is -2.09. The monoisotopic (exact) mass is 303 g/mol. The van der Waals surface area contributed by atoms with Crippen molar-refractivity contribution in [2.24, 2.45) is 0 Å². The molecule has 0 N–H and O–H groups in total. The van der Waals surface area contributed by atoms with Crippen LogP contribution in [0.5, 0.6) is 0 Å². The molecule has 0 spiro atoms. The first-order chi connectivity index (χ1) is 7.95. The molecule has 0 saturated carbocycles. The van der Waals surface area contributed by atoms with Crippen LogP contribution in [0.1, 0.15) is 18.2 Å². The average molecular weight is 304 g/mol. The standard InChI is InChI=1S/C12H9BrF3N/c1-2-9-7-5-3-4-6-8(7)10(11(13)17-9)12(14,15)16/h3-6H,2H2,1H3. The van der Waals surface area contributed by atoms with E-state index in [1.807, 2.05) is 6.92 Å². The Kier molecular flexibility index (Phi) is 3.12. The second-order valence-electron chi connectivity index (χ2n) is 3.62. The van der Waals surface area contributed by atoms with E-state index in [0.29, 0.717) is 17.5 Å². The summed E-state index contributed by atoms with van der Waals surface area (Å²) in [6.45, 7) is 1.87. The van der Waals surface area contributed by atoms with Gasteiger partial charge in [0.25, 0.3) is 0 Å².